The molecule has 0 spiro atoms. The van der Waals surface area contributed by atoms with Gasteiger partial charge in [0.1, 0.15) is 11.3 Å². The van der Waals surface area contributed by atoms with Crippen LogP contribution >= 0.6 is 0 Å². The number of nitrogens with zero attached hydrogens (tertiary/aromatic N) is 9. The van der Waals surface area contributed by atoms with Crippen molar-refractivity contribution in [3.05, 3.63) is 71.8 Å². The molecule has 44 heavy (non-hydrogen) atoms. The standard InChI is InChI=1S/C33H36N10O/c1-40-21-34-19-29(40)30-35-17-23(18-36-30)28-15-22-16-37-33(39-31(22)43(32(28)44)26-5-2-3-6-26)38-24-8-10-25(11-9-24)42-14-13-41-12-4-7-27(41)20-42/h8-11,15-19,21,26-27H,2-7,12-14,20H2,1H3,(H,37,38,39). The number of aryl methyl sites for hydroxylation is 1. The topological polar surface area (TPSA) is 110 Å². The van der Waals surface area contributed by atoms with Crippen LogP contribution in [0.2, 0.25) is 0 Å². The number of benzene rings is 1. The molecule has 5 aromatic rings. The number of fused-ring (bicyclic) bond motifs is 2. The van der Waals surface area contributed by atoms with Gasteiger partial charge < -0.3 is 14.8 Å². The Balaban J connectivity index is 1.09. The third-order valence-corrected chi connectivity index (χ3v) is 9.55. The van der Waals surface area contributed by atoms with Crippen LogP contribution in [0.3, 0.4) is 0 Å². The van der Waals surface area contributed by atoms with Gasteiger partial charge in [-0.15, -0.1) is 0 Å². The van der Waals surface area contributed by atoms with E-state index in [1.165, 1.54) is 25.1 Å². The Hall–Kier alpha value is -4.64. The smallest absolute Gasteiger partial charge is 0.260 e. The van der Waals surface area contributed by atoms with E-state index in [4.69, 9.17) is 4.98 Å². The van der Waals surface area contributed by atoms with Crippen molar-refractivity contribution in [2.75, 3.05) is 36.4 Å². The molecule has 11 heteroatoms. The SMILES string of the molecule is Cn1cncc1-c1ncc(-c2cc3cnc(Nc4ccc(N5CCN6CCCC6C5)cc4)nc3n(C3CCCC3)c2=O)cn1. The first-order valence-electron chi connectivity index (χ1n) is 15.7. The summed E-state index contributed by atoms with van der Waals surface area (Å²) in [5.41, 5.74) is 4.80. The summed E-state index contributed by atoms with van der Waals surface area (Å²) >= 11 is 0. The lowest BCUT2D eigenvalue weighted by molar-refractivity contribution is 0.231. The Labute approximate surface area is 255 Å². The molecule has 8 rings (SSSR count). The van der Waals surface area contributed by atoms with Gasteiger partial charge in [0.2, 0.25) is 5.95 Å². The Bertz CT molecular complexity index is 1860. The second-order valence-corrected chi connectivity index (χ2v) is 12.3. The largest absolute Gasteiger partial charge is 0.369 e. The normalized spacial score (nSPS) is 19.1. The summed E-state index contributed by atoms with van der Waals surface area (Å²) in [6.45, 7) is 4.56. The lowest BCUT2D eigenvalue weighted by Gasteiger charge is -2.38. The summed E-state index contributed by atoms with van der Waals surface area (Å²) in [6, 6.07) is 11.2. The lowest BCUT2D eigenvalue weighted by Crippen LogP contribution is -2.50. The average Bonchev–Trinajstić information content (AvgIpc) is 3.84. The van der Waals surface area contributed by atoms with E-state index in [-0.39, 0.29) is 11.6 Å². The lowest BCUT2D eigenvalue weighted by atomic mass is 10.1. The van der Waals surface area contributed by atoms with E-state index < -0.39 is 0 Å². The number of aromatic nitrogens is 7. The molecule has 2 saturated heterocycles. The van der Waals surface area contributed by atoms with Crippen LogP contribution < -0.4 is 15.8 Å². The fourth-order valence-corrected chi connectivity index (χ4v) is 7.17. The van der Waals surface area contributed by atoms with E-state index in [0.29, 0.717) is 34.6 Å². The van der Waals surface area contributed by atoms with Crippen LogP contribution in [-0.2, 0) is 7.05 Å². The number of imidazole rings is 1. The first-order chi connectivity index (χ1) is 21.6. The molecule has 11 nitrogen and oxygen atoms in total. The average molecular weight is 589 g/mol. The minimum atomic E-state index is -0.0716. The molecule has 1 aliphatic carbocycles. The quantitative estimate of drug-likeness (QED) is 0.299. The van der Waals surface area contributed by atoms with Crippen LogP contribution in [0.5, 0.6) is 0 Å². The van der Waals surface area contributed by atoms with Gasteiger partial charge in [0.05, 0.1) is 18.1 Å². The molecular weight excluding hydrogens is 552 g/mol. The molecule has 3 aliphatic rings. The molecule has 2 aliphatic heterocycles. The molecular formula is C33H36N10O. The van der Waals surface area contributed by atoms with E-state index in [1.54, 1.807) is 31.1 Å². The van der Waals surface area contributed by atoms with Crippen LogP contribution in [0.1, 0.15) is 44.6 Å². The minimum absolute atomic E-state index is 0.0716. The summed E-state index contributed by atoms with van der Waals surface area (Å²) in [7, 11) is 1.90. The predicted molar refractivity (Wildman–Crippen MR) is 171 cm³/mol. The molecule has 0 amide bonds. The Morgan fingerprint density at radius 2 is 1.66 bits per heavy atom. The fraction of sp³-hybridized carbons (Fsp3) is 0.394. The van der Waals surface area contributed by atoms with E-state index in [2.05, 4.69) is 59.3 Å². The van der Waals surface area contributed by atoms with E-state index >= 15 is 0 Å². The van der Waals surface area contributed by atoms with Crippen molar-refractivity contribution in [1.29, 1.82) is 0 Å². The van der Waals surface area contributed by atoms with Gasteiger partial charge in [-0.2, -0.15) is 4.98 Å². The van der Waals surface area contributed by atoms with Gasteiger partial charge in [0.25, 0.3) is 5.56 Å². The molecule has 4 aromatic heterocycles. The van der Waals surface area contributed by atoms with Crippen molar-refractivity contribution in [3.8, 4) is 22.6 Å². The number of piperazine rings is 1. The van der Waals surface area contributed by atoms with Gasteiger partial charge in [0, 0.05) is 79.7 Å². The summed E-state index contributed by atoms with van der Waals surface area (Å²) in [4.78, 5) is 42.0. The summed E-state index contributed by atoms with van der Waals surface area (Å²) in [6.07, 6.45) is 15.4. The monoisotopic (exact) mass is 588 g/mol. The van der Waals surface area contributed by atoms with Crippen molar-refractivity contribution < 1.29 is 0 Å². The Morgan fingerprint density at radius 3 is 2.43 bits per heavy atom. The maximum atomic E-state index is 14.1. The number of anilines is 3. The first-order valence-corrected chi connectivity index (χ1v) is 15.7. The van der Waals surface area contributed by atoms with E-state index in [9.17, 15) is 4.79 Å². The molecule has 0 radical (unpaired) electrons. The van der Waals surface area contributed by atoms with Crippen molar-refractivity contribution in [3.63, 3.8) is 0 Å². The highest BCUT2D eigenvalue weighted by atomic mass is 16.1. The first kappa shape index (κ1) is 26.9. The van der Waals surface area contributed by atoms with E-state index in [1.807, 2.05) is 22.2 Å². The van der Waals surface area contributed by atoms with Gasteiger partial charge in [-0.25, -0.2) is 19.9 Å². The predicted octanol–water partition coefficient (Wildman–Crippen LogP) is 4.79. The molecule has 3 fully saturated rings. The van der Waals surface area contributed by atoms with Crippen molar-refractivity contribution in [2.24, 2.45) is 7.05 Å². The van der Waals surface area contributed by atoms with Crippen LogP contribution in [0, 0.1) is 0 Å². The number of pyridine rings is 1. The Morgan fingerprint density at radius 1 is 0.864 bits per heavy atom. The number of rotatable bonds is 6. The minimum Gasteiger partial charge on any atom is -0.369 e. The van der Waals surface area contributed by atoms with Gasteiger partial charge in [0.15, 0.2) is 5.82 Å². The molecule has 1 aromatic carbocycles. The number of nitrogens with one attached hydrogen (secondary N) is 1. The zero-order valence-electron chi connectivity index (χ0n) is 24.9. The highest BCUT2D eigenvalue weighted by Gasteiger charge is 2.30. The molecule has 1 saturated carbocycles. The third-order valence-electron chi connectivity index (χ3n) is 9.55. The van der Waals surface area contributed by atoms with Crippen molar-refractivity contribution in [2.45, 2.75) is 50.6 Å². The van der Waals surface area contributed by atoms with Gasteiger partial charge in [-0.3, -0.25) is 14.3 Å². The van der Waals surface area contributed by atoms with Gasteiger partial charge >= 0.3 is 0 Å². The highest BCUT2D eigenvalue weighted by molar-refractivity contribution is 5.82. The molecule has 224 valence electrons. The zero-order valence-corrected chi connectivity index (χ0v) is 24.9. The van der Waals surface area contributed by atoms with Crippen molar-refractivity contribution >= 4 is 28.4 Å². The third kappa shape index (κ3) is 4.90. The maximum absolute atomic E-state index is 14.1. The Kier molecular flexibility index (Phi) is 6.82. The molecule has 0 bridgehead atoms. The van der Waals surface area contributed by atoms with Crippen LogP contribution in [0.4, 0.5) is 17.3 Å². The highest BCUT2D eigenvalue weighted by Crippen LogP contribution is 2.32. The molecule has 1 N–H and O–H groups in total. The molecule has 1 unspecified atom stereocenters. The number of hydrogen-bond donors (Lipinski definition) is 1. The second-order valence-electron chi connectivity index (χ2n) is 12.3. The molecule has 6 heterocycles. The van der Waals surface area contributed by atoms with Crippen LogP contribution in [0.15, 0.2) is 66.2 Å². The molecule has 1 atom stereocenters. The van der Waals surface area contributed by atoms with Crippen molar-refractivity contribution in [1.82, 2.24) is 39.0 Å². The fourth-order valence-electron chi connectivity index (χ4n) is 7.17. The summed E-state index contributed by atoms with van der Waals surface area (Å²) in [5, 5.41) is 4.19. The zero-order chi connectivity index (χ0) is 29.6. The van der Waals surface area contributed by atoms with Gasteiger partial charge in [-0.1, -0.05) is 12.8 Å². The summed E-state index contributed by atoms with van der Waals surface area (Å²) in [5.74, 6) is 1.04. The van der Waals surface area contributed by atoms with E-state index in [0.717, 1.165) is 62.1 Å². The van der Waals surface area contributed by atoms with Crippen LogP contribution in [0.25, 0.3) is 33.7 Å². The summed E-state index contributed by atoms with van der Waals surface area (Å²) < 4.78 is 3.75. The van der Waals surface area contributed by atoms with Gasteiger partial charge in [-0.05, 0) is 62.6 Å². The second kappa shape index (κ2) is 11.1. The number of hydrogen-bond acceptors (Lipinski definition) is 9. The van der Waals surface area contributed by atoms with Crippen LogP contribution in [-0.4, -0.2) is 71.2 Å². The maximum Gasteiger partial charge on any atom is 0.260 e.